The molecule has 8 heteroatoms. The summed E-state index contributed by atoms with van der Waals surface area (Å²) in [5, 5.41) is 16.9. The van der Waals surface area contributed by atoms with Crippen LogP contribution >= 0.6 is 0 Å². The molecule has 0 bridgehead atoms. The topological polar surface area (TPSA) is 101 Å². The summed E-state index contributed by atoms with van der Waals surface area (Å²) in [7, 11) is 1.45. The highest BCUT2D eigenvalue weighted by atomic mass is 16.8. The van der Waals surface area contributed by atoms with E-state index >= 15 is 0 Å². The molecule has 0 aromatic carbocycles. The number of carbonyl (C=O) groups excluding carboxylic acids is 1. The zero-order valence-electron chi connectivity index (χ0n) is 11.2. The second-order valence-electron chi connectivity index (χ2n) is 4.08. The zero-order chi connectivity index (χ0) is 14.3. The van der Waals surface area contributed by atoms with Gasteiger partial charge in [-0.2, -0.15) is 0 Å². The van der Waals surface area contributed by atoms with Crippen LogP contribution in [0.15, 0.2) is 10.5 Å². The maximum absolute atomic E-state index is 10.9. The molecule has 1 atom stereocenters. The molecule has 0 heterocycles. The van der Waals surface area contributed by atoms with Gasteiger partial charge in [-0.25, -0.2) is 4.79 Å². The van der Waals surface area contributed by atoms with Crippen LogP contribution in [-0.4, -0.2) is 40.9 Å². The summed E-state index contributed by atoms with van der Waals surface area (Å²) in [5.74, 6) is -1.47. The highest BCUT2D eigenvalue weighted by molar-refractivity contribution is 5.77. The van der Waals surface area contributed by atoms with Crippen molar-refractivity contribution in [3.8, 4) is 0 Å². The van der Waals surface area contributed by atoms with Crippen molar-refractivity contribution in [2.24, 2.45) is 10.5 Å². The number of carboxylic acids is 1. The molecule has 0 radical (unpaired) electrons. The highest BCUT2D eigenvalue weighted by Crippen LogP contribution is 2.13. The number of aliphatic carboxylic acids is 1. The number of rotatable bonds is 7. The van der Waals surface area contributed by atoms with E-state index in [4.69, 9.17) is 14.7 Å². The second-order valence-corrected chi connectivity index (χ2v) is 4.08. The van der Waals surface area contributed by atoms with E-state index in [9.17, 15) is 9.59 Å². The Kier molecular flexibility index (Phi) is 6.07. The molecule has 0 aromatic heterocycles. The van der Waals surface area contributed by atoms with Gasteiger partial charge in [-0.15, -0.1) is 0 Å². The predicted molar refractivity (Wildman–Crippen MR) is 61.3 cm³/mol. The van der Waals surface area contributed by atoms with E-state index < -0.39 is 23.8 Å². The van der Waals surface area contributed by atoms with Gasteiger partial charge in [0.2, 0.25) is 0 Å². The molecule has 0 aliphatic heterocycles. The summed E-state index contributed by atoms with van der Waals surface area (Å²) in [5.41, 5.74) is -1.21. The molecule has 1 unspecified atom stereocenters. The van der Waals surface area contributed by atoms with Crippen LogP contribution in [0.2, 0.25) is 0 Å². The number of hydrogen-bond acceptors (Lipinski definition) is 6. The van der Waals surface area contributed by atoms with E-state index in [-0.39, 0.29) is 6.42 Å². The van der Waals surface area contributed by atoms with Crippen molar-refractivity contribution in [2.45, 2.75) is 45.9 Å². The fourth-order valence-electron chi connectivity index (χ4n) is 0.682. The highest BCUT2D eigenvalue weighted by Gasteiger charge is 2.32. The minimum atomic E-state index is -1.21. The molecule has 0 spiro atoms. The fraction of sp³-hybridized carbons (Fsp3) is 0.800. The summed E-state index contributed by atoms with van der Waals surface area (Å²) >= 11 is 0. The molecule has 0 aromatic rings. The van der Waals surface area contributed by atoms with Gasteiger partial charge in [-0.3, -0.25) is 9.80 Å². The van der Waals surface area contributed by atoms with Crippen molar-refractivity contribution in [3.05, 3.63) is 0 Å². The van der Waals surface area contributed by atoms with Crippen LogP contribution in [0.5, 0.6) is 0 Å². The van der Waals surface area contributed by atoms with Gasteiger partial charge < -0.3 is 14.7 Å². The summed E-state index contributed by atoms with van der Waals surface area (Å²) in [6.45, 7) is 6.07. The molecule has 0 fully saturated rings. The van der Waals surface area contributed by atoms with Crippen LogP contribution in [-0.2, 0) is 19.2 Å². The number of carbonyl (C=O) groups is 2. The smallest absolute Gasteiger partial charge is 0.330 e. The van der Waals surface area contributed by atoms with Crippen molar-refractivity contribution in [2.75, 3.05) is 7.05 Å². The number of hydrogen-bond donors (Lipinski definition) is 1. The molecule has 8 nitrogen and oxygen atoms in total. The molecule has 0 saturated carbocycles. The van der Waals surface area contributed by atoms with E-state index in [2.05, 4.69) is 10.5 Å². The summed E-state index contributed by atoms with van der Waals surface area (Å²) < 4.78 is 4.76. The SMILES string of the molecule is CCC(=O)OC(C)O/N=N\N(C)C(C)(C)C(=O)O. The van der Waals surface area contributed by atoms with Crippen molar-refractivity contribution in [3.63, 3.8) is 0 Å². The lowest BCUT2D eigenvalue weighted by atomic mass is 10.1. The number of carboxylic acid groups (broad SMARTS) is 1. The minimum absolute atomic E-state index is 0.233. The van der Waals surface area contributed by atoms with Crippen molar-refractivity contribution in [1.82, 2.24) is 5.01 Å². The van der Waals surface area contributed by atoms with Crippen LogP contribution in [0.4, 0.5) is 0 Å². The van der Waals surface area contributed by atoms with Gasteiger partial charge in [0.15, 0.2) is 5.54 Å². The third-order valence-electron chi connectivity index (χ3n) is 2.28. The van der Waals surface area contributed by atoms with Gasteiger partial charge in [0, 0.05) is 25.7 Å². The van der Waals surface area contributed by atoms with Gasteiger partial charge in [-0.05, 0) is 19.1 Å². The van der Waals surface area contributed by atoms with E-state index in [1.807, 2.05) is 0 Å². The first kappa shape index (κ1) is 16.1. The maximum atomic E-state index is 10.9. The van der Waals surface area contributed by atoms with Gasteiger partial charge in [0.05, 0.1) is 0 Å². The lowest BCUT2D eigenvalue weighted by Gasteiger charge is -2.26. The first-order valence-corrected chi connectivity index (χ1v) is 5.45. The fourth-order valence-corrected chi connectivity index (χ4v) is 0.682. The first-order chi connectivity index (χ1) is 8.21. The number of ether oxygens (including phenoxy) is 1. The quantitative estimate of drug-likeness (QED) is 0.321. The van der Waals surface area contributed by atoms with Crippen LogP contribution in [0.1, 0.15) is 34.1 Å². The van der Waals surface area contributed by atoms with Crippen molar-refractivity contribution < 1.29 is 24.3 Å². The number of nitrogens with zero attached hydrogens (tertiary/aromatic N) is 3. The Labute approximate surface area is 105 Å². The molecule has 18 heavy (non-hydrogen) atoms. The molecule has 0 rings (SSSR count). The Bertz CT molecular complexity index is 329. The van der Waals surface area contributed by atoms with Gasteiger partial charge in [0.25, 0.3) is 6.29 Å². The second kappa shape index (κ2) is 6.77. The maximum Gasteiger partial charge on any atom is 0.330 e. The Morgan fingerprint density at radius 1 is 1.44 bits per heavy atom. The van der Waals surface area contributed by atoms with Crippen LogP contribution in [0.3, 0.4) is 0 Å². The van der Waals surface area contributed by atoms with Gasteiger partial charge in [-0.1, -0.05) is 6.92 Å². The Morgan fingerprint density at radius 2 is 2.00 bits per heavy atom. The van der Waals surface area contributed by atoms with Gasteiger partial charge in [0.1, 0.15) is 0 Å². The van der Waals surface area contributed by atoms with Crippen molar-refractivity contribution >= 4 is 11.9 Å². The molecule has 0 saturated heterocycles. The monoisotopic (exact) mass is 261 g/mol. The van der Waals surface area contributed by atoms with Gasteiger partial charge >= 0.3 is 11.9 Å². The molecular weight excluding hydrogens is 242 g/mol. The predicted octanol–water partition coefficient (Wildman–Crippen LogP) is 1.38. The normalized spacial score (nSPS) is 13.2. The van der Waals surface area contributed by atoms with E-state index in [1.165, 1.54) is 27.8 Å². The van der Waals surface area contributed by atoms with E-state index in [0.717, 1.165) is 5.01 Å². The largest absolute Gasteiger partial charge is 0.479 e. The molecule has 0 amide bonds. The minimum Gasteiger partial charge on any atom is -0.479 e. The van der Waals surface area contributed by atoms with E-state index in [0.29, 0.717) is 0 Å². The zero-order valence-corrected chi connectivity index (χ0v) is 11.2. The average molecular weight is 261 g/mol. The Morgan fingerprint density at radius 3 is 2.44 bits per heavy atom. The van der Waals surface area contributed by atoms with Crippen molar-refractivity contribution in [1.29, 1.82) is 0 Å². The Hall–Kier alpha value is -1.86. The van der Waals surface area contributed by atoms with Crippen LogP contribution in [0, 0.1) is 0 Å². The molecular formula is C10H19N3O5. The number of likely N-dealkylation sites (N-methyl/N-ethyl adjacent to an activating group) is 1. The van der Waals surface area contributed by atoms with E-state index in [1.54, 1.807) is 6.92 Å². The summed E-state index contributed by atoms with van der Waals surface area (Å²) in [6.07, 6.45) is -0.640. The average Bonchev–Trinajstić information content (AvgIpc) is 2.28. The lowest BCUT2D eigenvalue weighted by Crippen LogP contribution is -2.44. The lowest BCUT2D eigenvalue weighted by molar-refractivity contribution is -0.177. The van der Waals surface area contributed by atoms with Crippen LogP contribution < -0.4 is 0 Å². The third-order valence-corrected chi connectivity index (χ3v) is 2.28. The Balaban J connectivity index is 4.25. The first-order valence-electron chi connectivity index (χ1n) is 5.45. The standard InChI is InChI=1S/C10H19N3O5/c1-6-8(14)17-7(2)18-12-11-13(5)10(3,4)9(15)16/h7H,6H2,1-5H3,(H,15,16)/b12-11-. The summed E-state index contributed by atoms with van der Waals surface area (Å²) in [4.78, 5) is 26.5. The molecule has 1 N–H and O–H groups in total. The number of esters is 1. The third kappa shape index (κ3) is 4.98. The molecule has 104 valence electrons. The summed E-state index contributed by atoms with van der Waals surface area (Å²) in [6, 6.07) is 0. The molecule has 0 aliphatic rings. The molecule has 0 aliphatic carbocycles. The van der Waals surface area contributed by atoms with Crippen LogP contribution in [0.25, 0.3) is 0 Å².